The van der Waals surface area contributed by atoms with Gasteiger partial charge in [-0.2, -0.15) is 0 Å². The van der Waals surface area contributed by atoms with Crippen LogP contribution in [-0.4, -0.2) is 88.5 Å². The second-order valence-corrected chi connectivity index (χ2v) is 11.2. The van der Waals surface area contributed by atoms with Crippen LogP contribution in [-0.2, 0) is 14.3 Å². The number of unbranched alkanes of at least 4 members (excludes halogenated alkanes) is 9. The lowest BCUT2D eigenvalue weighted by molar-refractivity contribution is -0.287. The van der Waals surface area contributed by atoms with E-state index in [0.29, 0.717) is 30.8 Å². The number of nitrogens with zero attached hydrogens (tertiary/aromatic N) is 2. The SMILES string of the molecule is CCCCCCCCCCCCO[C@@H]1[C@@H](O)[C@@H](O)O[C@H](CN2C(=O)C3CCCN3C(=O)c3ccccc32)[C@H]1O. The molecule has 3 aliphatic rings. The molecule has 0 saturated carbocycles. The summed E-state index contributed by atoms with van der Waals surface area (Å²) in [5, 5.41) is 32.1. The molecule has 9 nitrogen and oxygen atoms in total. The third-order valence-electron chi connectivity index (χ3n) is 8.32. The Morgan fingerprint density at radius 1 is 0.923 bits per heavy atom. The van der Waals surface area contributed by atoms with Gasteiger partial charge in [-0.25, -0.2) is 0 Å². The molecule has 1 aromatic carbocycles. The molecule has 39 heavy (non-hydrogen) atoms. The van der Waals surface area contributed by atoms with E-state index in [2.05, 4.69) is 6.92 Å². The van der Waals surface area contributed by atoms with Gasteiger partial charge in [-0.1, -0.05) is 76.8 Å². The van der Waals surface area contributed by atoms with E-state index in [-0.39, 0.29) is 18.4 Å². The van der Waals surface area contributed by atoms with E-state index in [1.54, 1.807) is 29.2 Å². The monoisotopic (exact) mass is 546 g/mol. The smallest absolute Gasteiger partial charge is 0.256 e. The molecule has 0 bridgehead atoms. The van der Waals surface area contributed by atoms with Crippen LogP contribution >= 0.6 is 0 Å². The van der Waals surface area contributed by atoms with E-state index in [4.69, 9.17) is 9.47 Å². The van der Waals surface area contributed by atoms with Crippen LogP contribution in [0.1, 0.15) is 94.3 Å². The number of para-hydroxylation sites is 1. The van der Waals surface area contributed by atoms with Crippen LogP contribution in [0, 0.1) is 0 Å². The van der Waals surface area contributed by atoms with Gasteiger partial charge in [-0.3, -0.25) is 9.59 Å². The molecule has 9 heteroatoms. The third kappa shape index (κ3) is 7.19. The van der Waals surface area contributed by atoms with E-state index < -0.39 is 36.7 Å². The van der Waals surface area contributed by atoms with E-state index in [9.17, 15) is 24.9 Å². The number of hydrogen-bond acceptors (Lipinski definition) is 7. The van der Waals surface area contributed by atoms with Crippen molar-refractivity contribution in [3.8, 4) is 0 Å². The molecular weight excluding hydrogens is 500 g/mol. The van der Waals surface area contributed by atoms with Gasteiger partial charge in [0.25, 0.3) is 5.91 Å². The molecule has 2 fully saturated rings. The van der Waals surface area contributed by atoms with E-state index >= 15 is 0 Å². The van der Waals surface area contributed by atoms with Crippen LogP contribution in [0.4, 0.5) is 5.69 Å². The average Bonchev–Trinajstić information content (AvgIpc) is 3.41. The van der Waals surface area contributed by atoms with Crippen molar-refractivity contribution < 1.29 is 34.4 Å². The lowest BCUT2D eigenvalue weighted by Gasteiger charge is -2.42. The summed E-state index contributed by atoms with van der Waals surface area (Å²) in [7, 11) is 0. The number of aliphatic hydroxyl groups excluding tert-OH is 3. The summed E-state index contributed by atoms with van der Waals surface area (Å²) in [6, 6.07) is 6.38. The van der Waals surface area contributed by atoms with Crippen LogP contribution in [0.15, 0.2) is 24.3 Å². The zero-order valence-corrected chi connectivity index (χ0v) is 23.2. The van der Waals surface area contributed by atoms with Crippen molar-refractivity contribution >= 4 is 17.5 Å². The van der Waals surface area contributed by atoms with Gasteiger partial charge in [0, 0.05) is 13.2 Å². The molecule has 218 valence electrons. The summed E-state index contributed by atoms with van der Waals surface area (Å²) in [6.07, 6.45) is 6.92. The van der Waals surface area contributed by atoms with Crippen molar-refractivity contribution in [1.82, 2.24) is 4.90 Å². The molecule has 0 spiro atoms. The summed E-state index contributed by atoms with van der Waals surface area (Å²) in [5.74, 6) is -0.410. The summed E-state index contributed by atoms with van der Waals surface area (Å²) in [6.45, 7) is 3.03. The first-order chi connectivity index (χ1) is 18.9. The minimum Gasteiger partial charge on any atom is -0.388 e. The van der Waals surface area contributed by atoms with E-state index in [1.807, 2.05) is 0 Å². The summed E-state index contributed by atoms with van der Waals surface area (Å²) < 4.78 is 11.4. The second-order valence-electron chi connectivity index (χ2n) is 11.2. The Morgan fingerprint density at radius 2 is 1.59 bits per heavy atom. The van der Waals surface area contributed by atoms with Gasteiger partial charge in [-0.05, 0) is 31.4 Å². The zero-order chi connectivity index (χ0) is 27.8. The lowest BCUT2D eigenvalue weighted by atomic mass is 9.97. The molecule has 0 aromatic heterocycles. The Balaban J connectivity index is 1.32. The maximum absolute atomic E-state index is 13.6. The van der Waals surface area contributed by atoms with Crippen LogP contribution in [0.25, 0.3) is 0 Å². The average molecular weight is 547 g/mol. The Morgan fingerprint density at radius 3 is 2.31 bits per heavy atom. The van der Waals surface area contributed by atoms with Crippen molar-refractivity contribution in [1.29, 1.82) is 0 Å². The van der Waals surface area contributed by atoms with Crippen LogP contribution in [0.2, 0.25) is 0 Å². The number of amides is 2. The minimum absolute atomic E-state index is 0.0729. The highest BCUT2D eigenvalue weighted by atomic mass is 16.6. The number of rotatable bonds is 14. The zero-order valence-electron chi connectivity index (χ0n) is 23.2. The molecule has 4 rings (SSSR count). The van der Waals surface area contributed by atoms with Crippen molar-refractivity contribution in [2.24, 2.45) is 0 Å². The van der Waals surface area contributed by atoms with Gasteiger partial charge < -0.3 is 34.6 Å². The number of hydrogen-bond donors (Lipinski definition) is 3. The molecule has 0 radical (unpaired) electrons. The first-order valence-electron chi connectivity index (χ1n) is 15.0. The number of fused-ring (bicyclic) bond motifs is 2. The number of carbonyl (C=O) groups is 2. The van der Waals surface area contributed by atoms with Crippen LogP contribution in [0.3, 0.4) is 0 Å². The van der Waals surface area contributed by atoms with Gasteiger partial charge in [0.05, 0.1) is 17.8 Å². The second kappa shape index (κ2) is 14.6. The van der Waals surface area contributed by atoms with Crippen molar-refractivity contribution in [3.05, 3.63) is 29.8 Å². The van der Waals surface area contributed by atoms with E-state index in [0.717, 1.165) is 25.7 Å². The highest BCUT2D eigenvalue weighted by molar-refractivity contribution is 6.11. The fraction of sp³-hybridized carbons (Fsp3) is 0.733. The molecule has 0 aliphatic carbocycles. The Labute approximate surface area is 232 Å². The van der Waals surface area contributed by atoms with E-state index in [1.165, 1.54) is 49.8 Å². The molecule has 1 unspecified atom stereocenters. The minimum atomic E-state index is -1.56. The highest BCUT2D eigenvalue weighted by Gasteiger charge is 2.48. The summed E-state index contributed by atoms with van der Waals surface area (Å²) in [4.78, 5) is 29.9. The first-order valence-corrected chi connectivity index (χ1v) is 15.0. The molecule has 3 heterocycles. The molecule has 2 saturated heterocycles. The summed E-state index contributed by atoms with van der Waals surface area (Å²) in [5.41, 5.74) is 0.885. The molecule has 3 aliphatic heterocycles. The predicted molar refractivity (Wildman–Crippen MR) is 147 cm³/mol. The standard InChI is InChI=1S/C30H46N2O7/c1-2-3-4-5-6-7-8-9-10-13-19-38-27-25(33)24(39-30(37)26(27)34)20-32-22-16-12-11-15-21(22)28(35)31-18-14-17-23(31)29(32)36/h11-12,15-16,23-27,30,33-34,37H,2-10,13-14,17-20H2,1H3/t23?,24-,25-,26-,27+,30+/m1/s1. The van der Waals surface area contributed by atoms with Gasteiger partial charge in [0.1, 0.15) is 30.5 Å². The third-order valence-corrected chi connectivity index (χ3v) is 8.32. The van der Waals surface area contributed by atoms with Crippen molar-refractivity contribution in [2.45, 2.75) is 121 Å². The number of ether oxygens (including phenoxy) is 2. The highest BCUT2D eigenvalue weighted by Crippen LogP contribution is 2.34. The number of benzene rings is 1. The normalized spacial score (nSPS) is 28.9. The predicted octanol–water partition coefficient (Wildman–Crippen LogP) is 3.38. The number of aliphatic hydroxyl groups is 3. The van der Waals surface area contributed by atoms with Gasteiger partial charge in [0.15, 0.2) is 6.29 Å². The maximum Gasteiger partial charge on any atom is 0.256 e. The van der Waals surface area contributed by atoms with Gasteiger partial charge in [-0.15, -0.1) is 0 Å². The quantitative estimate of drug-likeness (QED) is 0.306. The molecule has 6 atom stereocenters. The van der Waals surface area contributed by atoms with Crippen molar-refractivity contribution in [3.63, 3.8) is 0 Å². The molecular formula is C30H46N2O7. The van der Waals surface area contributed by atoms with Crippen LogP contribution < -0.4 is 4.90 Å². The first kappa shape index (κ1) is 29.9. The lowest BCUT2D eigenvalue weighted by Crippen LogP contribution is -2.61. The fourth-order valence-corrected chi connectivity index (χ4v) is 6.05. The van der Waals surface area contributed by atoms with Gasteiger partial charge in [0.2, 0.25) is 5.91 Å². The number of anilines is 1. The summed E-state index contributed by atoms with van der Waals surface area (Å²) >= 11 is 0. The largest absolute Gasteiger partial charge is 0.388 e. The molecule has 2 amide bonds. The van der Waals surface area contributed by atoms with Crippen LogP contribution in [0.5, 0.6) is 0 Å². The maximum atomic E-state index is 13.6. The fourth-order valence-electron chi connectivity index (χ4n) is 6.05. The molecule has 3 N–H and O–H groups in total. The Bertz CT molecular complexity index is 944. The van der Waals surface area contributed by atoms with Gasteiger partial charge >= 0.3 is 0 Å². The topological polar surface area (TPSA) is 120 Å². The van der Waals surface area contributed by atoms with Crippen molar-refractivity contribution in [2.75, 3.05) is 24.6 Å². The molecule has 1 aromatic rings. The Hall–Kier alpha value is -2.04. The number of carbonyl (C=O) groups excluding carboxylic acids is 2. The Kier molecular flexibility index (Phi) is 11.2.